The number of hydrogen-bond donors (Lipinski definition) is 5. The average Bonchev–Trinajstić information content (AvgIpc) is 3.60. The monoisotopic (exact) mass is 461 g/mol. The van der Waals surface area contributed by atoms with E-state index in [9.17, 15) is 9.90 Å². The zero-order valence-corrected chi connectivity index (χ0v) is 19.0. The third kappa shape index (κ3) is 5.84. The van der Waals surface area contributed by atoms with E-state index in [2.05, 4.69) is 30.8 Å². The van der Waals surface area contributed by atoms with Gasteiger partial charge in [0.1, 0.15) is 23.4 Å². The number of rotatable bonds is 11. The molecular formula is C24H27N7O3. The van der Waals surface area contributed by atoms with Crippen molar-refractivity contribution >= 4 is 29.1 Å². The minimum atomic E-state index is -1.21. The minimum absolute atomic E-state index is 0.0629. The summed E-state index contributed by atoms with van der Waals surface area (Å²) < 4.78 is 5.40. The molecule has 2 heterocycles. The van der Waals surface area contributed by atoms with Crippen LogP contribution in [0.5, 0.6) is 0 Å². The number of aliphatic hydroxyl groups is 1. The molecule has 10 heteroatoms. The molecule has 1 unspecified atom stereocenters. The van der Waals surface area contributed by atoms with Gasteiger partial charge in [0.15, 0.2) is 5.82 Å². The lowest BCUT2D eigenvalue weighted by Gasteiger charge is -2.12. The van der Waals surface area contributed by atoms with Crippen molar-refractivity contribution in [2.24, 2.45) is 0 Å². The van der Waals surface area contributed by atoms with Crippen LogP contribution in [0.25, 0.3) is 0 Å². The van der Waals surface area contributed by atoms with Gasteiger partial charge in [-0.25, -0.2) is 4.98 Å². The Morgan fingerprint density at radius 1 is 1.26 bits per heavy atom. The molecule has 1 aliphatic carbocycles. The molecule has 0 spiro atoms. The fourth-order valence-electron chi connectivity index (χ4n) is 3.28. The summed E-state index contributed by atoms with van der Waals surface area (Å²) in [7, 11) is 1.52. The number of hydrogen-bond acceptors (Lipinski definition) is 9. The molecule has 5 N–H and O–H groups in total. The fourth-order valence-corrected chi connectivity index (χ4v) is 3.28. The van der Waals surface area contributed by atoms with E-state index in [4.69, 9.17) is 10.1 Å². The Labute approximate surface area is 197 Å². The maximum absolute atomic E-state index is 12.4. The summed E-state index contributed by atoms with van der Waals surface area (Å²) in [6.07, 6.45) is 2.69. The molecule has 1 aromatic carbocycles. The van der Waals surface area contributed by atoms with Crippen LogP contribution in [0.4, 0.5) is 17.6 Å². The van der Waals surface area contributed by atoms with Gasteiger partial charge in [0.05, 0.1) is 19.4 Å². The lowest BCUT2D eigenvalue weighted by atomic mass is 10.1. The SMILES string of the molecule is CO/C(=C\C(=N)c1ccccc1)CNc1nc(Nc2cc(C3CC3)[nH]n2)cc(C(=O)C(C)O)n1. The Balaban J connectivity index is 1.52. The predicted octanol–water partition coefficient (Wildman–Crippen LogP) is 3.39. The first-order chi connectivity index (χ1) is 16.4. The van der Waals surface area contributed by atoms with Crippen molar-refractivity contribution < 1.29 is 14.6 Å². The molecule has 1 saturated carbocycles. The number of carbonyl (C=O) groups is 1. The number of aliphatic hydroxyl groups excluding tert-OH is 1. The maximum Gasteiger partial charge on any atom is 0.225 e. The van der Waals surface area contributed by atoms with Crippen LogP contribution in [0.3, 0.4) is 0 Å². The minimum Gasteiger partial charge on any atom is -0.499 e. The van der Waals surface area contributed by atoms with Crippen molar-refractivity contribution in [3.05, 3.63) is 71.3 Å². The number of benzene rings is 1. The molecule has 0 radical (unpaired) electrons. The van der Waals surface area contributed by atoms with Gasteiger partial charge in [-0.1, -0.05) is 30.3 Å². The molecule has 0 amide bonds. The number of nitrogens with zero attached hydrogens (tertiary/aromatic N) is 3. The first-order valence-electron chi connectivity index (χ1n) is 11.0. The van der Waals surface area contributed by atoms with E-state index in [1.54, 1.807) is 6.08 Å². The number of ether oxygens (including phenoxy) is 1. The van der Waals surface area contributed by atoms with E-state index < -0.39 is 11.9 Å². The van der Waals surface area contributed by atoms with E-state index >= 15 is 0 Å². The Kier molecular flexibility index (Phi) is 6.98. The summed E-state index contributed by atoms with van der Waals surface area (Å²) in [6, 6.07) is 12.7. The Morgan fingerprint density at radius 3 is 2.71 bits per heavy atom. The summed E-state index contributed by atoms with van der Waals surface area (Å²) in [6.45, 7) is 1.58. The maximum atomic E-state index is 12.4. The van der Waals surface area contributed by atoms with Crippen molar-refractivity contribution in [1.82, 2.24) is 20.2 Å². The molecule has 1 aliphatic rings. The Bertz CT molecular complexity index is 1200. The molecule has 0 bridgehead atoms. The normalized spacial score (nSPS) is 14.4. The van der Waals surface area contributed by atoms with Crippen LogP contribution >= 0.6 is 0 Å². The van der Waals surface area contributed by atoms with E-state index in [0.717, 1.165) is 24.1 Å². The van der Waals surface area contributed by atoms with Crippen LogP contribution in [0.15, 0.2) is 54.3 Å². The standard InChI is InChI=1S/C24H27N7O3/c1-14(32)23(33)20-12-21(28-22-11-19(30-31-22)16-8-9-16)29-24(27-20)26-13-17(34-2)10-18(25)15-6-4-3-5-7-15/h3-7,10-12,14,16,25,32H,8-9,13H2,1-2H3,(H3,26,27,28,29,30,31)/b17-10-,25-18?. The number of allylic oxidation sites excluding steroid dienone is 1. The van der Waals surface area contributed by atoms with Crippen LogP contribution in [0.2, 0.25) is 0 Å². The summed E-state index contributed by atoms with van der Waals surface area (Å²) in [5.74, 6) is 1.59. The van der Waals surface area contributed by atoms with Gasteiger partial charge in [0, 0.05) is 29.8 Å². The molecule has 2 aromatic heterocycles. The lowest BCUT2D eigenvalue weighted by Crippen LogP contribution is -2.20. The van der Waals surface area contributed by atoms with E-state index in [0.29, 0.717) is 29.0 Å². The number of nitrogens with one attached hydrogen (secondary N) is 4. The van der Waals surface area contributed by atoms with Crippen LogP contribution in [-0.4, -0.2) is 56.5 Å². The van der Waals surface area contributed by atoms with E-state index in [1.807, 2.05) is 36.4 Å². The summed E-state index contributed by atoms with van der Waals surface area (Å²) >= 11 is 0. The lowest BCUT2D eigenvalue weighted by molar-refractivity contribution is 0.0774. The topological polar surface area (TPSA) is 149 Å². The van der Waals surface area contributed by atoms with Gasteiger partial charge in [-0.3, -0.25) is 9.89 Å². The third-order valence-electron chi connectivity index (χ3n) is 5.30. The zero-order chi connectivity index (χ0) is 24.1. The molecule has 0 saturated heterocycles. The van der Waals surface area contributed by atoms with E-state index in [1.165, 1.54) is 20.1 Å². The summed E-state index contributed by atoms with van der Waals surface area (Å²) in [4.78, 5) is 21.1. The van der Waals surface area contributed by atoms with Gasteiger partial charge in [-0.15, -0.1) is 0 Å². The van der Waals surface area contributed by atoms with Crippen molar-refractivity contribution in [2.75, 3.05) is 24.3 Å². The quantitative estimate of drug-likeness (QED) is 0.166. The molecule has 4 rings (SSSR count). The summed E-state index contributed by atoms with van der Waals surface area (Å²) in [5.41, 5.74) is 2.18. The number of anilines is 3. The van der Waals surface area contributed by atoms with E-state index in [-0.39, 0.29) is 18.2 Å². The van der Waals surface area contributed by atoms with Crippen LogP contribution < -0.4 is 10.6 Å². The number of aromatic nitrogens is 4. The van der Waals surface area contributed by atoms with Gasteiger partial charge in [0.2, 0.25) is 11.7 Å². The van der Waals surface area contributed by atoms with Crippen molar-refractivity contribution in [3.8, 4) is 0 Å². The van der Waals surface area contributed by atoms with Crippen molar-refractivity contribution in [1.29, 1.82) is 5.41 Å². The average molecular weight is 462 g/mol. The van der Waals surface area contributed by atoms with Crippen LogP contribution in [0.1, 0.15) is 47.4 Å². The fraction of sp³-hybridized carbons (Fsp3) is 0.292. The smallest absolute Gasteiger partial charge is 0.225 e. The first kappa shape index (κ1) is 23.1. The van der Waals surface area contributed by atoms with Crippen LogP contribution in [-0.2, 0) is 4.74 Å². The van der Waals surface area contributed by atoms with Gasteiger partial charge < -0.3 is 25.9 Å². The molecule has 3 aromatic rings. The predicted molar refractivity (Wildman–Crippen MR) is 129 cm³/mol. The summed E-state index contributed by atoms with van der Waals surface area (Å²) in [5, 5.41) is 31.4. The van der Waals surface area contributed by atoms with Crippen molar-refractivity contribution in [3.63, 3.8) is 0 Å². The molecule has 34 heavy (non-hydrogen) atoms. The van der Waals surface area contributed by atoms with Gasteiger partial charge >= 0.3 is 0 Å². The highest BCUT2D eigenvalue weighted by Gasteiger charge is 2.25. The van der Waals surface area contributed by atoms with Crippen molar-refractivity contribution in [2.45, 2.75) is 31.8 Å². The number of aromatic amines is 1. The Hall–Kier alpha value is -4.05. The Morgan fingerprint density at radius 2 is 2.03 bits per heavy atom. The number of carbonyl (C=O) groups excluding carboxylic acids is 1. The second-order valence-electron chi connectivity index (χ2n) is 8.06. The number of methoxy groups -OCH3 is 1. The highest BCUT2D eigenvalue weighted by molar-refractivity contribution is 6.06. The van der Waals surface area contributed by atoms with Gasteiger partial charge in [-0.05, 0) is 25.3 Å². The van der Waals surface area contributed by atoms with Gasteiger partial charge in [-0.2, -0.15) is 10.1 Å². The second-order valence-corrected chi connectivity index (χ2v) is 8.06. The molecule has 1 atom stereocenters. The number of ketones is 1. The molecular weight excluding hydrogens is 434 g/mol. The first-order valence-corrected chi connectivity index (χ1v) is 11.0. The zero-order valence-electron chi connectivity index (χ0n) is 19.0. The second kappa shape index (κ2) is 10.3. The highest BCUT2D eigenvalue weighted by atomic mass is 16.5. The van der Waals surface area contributed by atoms with Crippen LogP contribution in [0, 0.1) is 5.41 Å². The molecule has 176 valence electrons. The molecule has 1 fully saturated rings. The third-order valence-corrected chi connectivity index (χ3v) is 5.30. The van der Waals surface area contributed by atoms with Gasteiger partial charge in [0.25, 0.3) is 0 Å². The largest absolute Gasteiger partial charge is 0.499 e. The molecule has 0 aliphatic heterocycles. The molecule has 10 nitrogen and oxygen atoms in total. The number of Topliss-reactive ketones (excluding diaryl/α,β-unsaturated/α-hetero) is 1. The number of H-pyrrole nitrogens is 1. The highest BCUT2D eigenvalue weighted by Crippen LogP contribution is 2.39.